The highest BCUT2D eigenvalue weighted by Crippen LogP contribution is 2.14. The van der Waals surface area contributed by atoms with Gasteiger partial charge in [-0.15, -0.1) is 11.6 Å². The number of methoxy groups -OCH3 is 2. The molecule has 0 aromatic heterocycles. The number of urea groups is 2. The lowest BCUT2D eigenvalue weighted by Gasteiger charge is -2.10. The molecule has 5 amide bonds. The van der Waals surface area contributed by atoms with Gasteiger partial charge < -0.3 is 30.0 Å². The number of rotatable bonds is 8. The van der Waals surface area contributed by atoms with Crippen LogP contribution in [-0.2, 0) is 42.9 Å². The Bertz CT molecular complexity index is 830. The van der Waals surface area contributed by atoms with Crippen LogP contribution in [0.1, 0.15) is 20.8 Å². The van der Waals surface area contributed by atoms with Gasteiger partial charge >= 0.3 is 24.0 Å². The normalized spacial score (nSPS) is 13.5. The number of likely N-dealkylation sites (N-methyl/N-ethyl adjacent to an activating group) is 1. The van der Waals surface area contributed by atoms with Crippen molar-refractivity contribution in [1.29, 1.82) is 0 Å². The van der Waals surface area contributed by atoms with Crippen LogP contribution in [0.25, 0.3) is 0 Å². The van der Waals surface area contributed by atoms with Crippen molar-refractivity contribution in [1.82, 2.24) is 15.5 Å². The highest BCUT2D eigenvalue weighted by Gasteiger charge is 2.36. The molecule has 1 fully saturated rings. The summed E-state index contributed by atoms with van der Waals surface area (Å²) in [6.07, 6.45) is 0.0532. The fourth-order valence-corrected chi connectivity index (χ4v) is 1.86. The van der Waals surface area contributed by atoms with Crippen molar-refractivity contribution in [3.05, 3.63) is 11.5 Å². The van der Waals surface area contributed by atoms with E-state index >= 15 is 0 Å². The zero-order valence-electron chi connectivity index (χ0n) is 21.4. The molecule has 1 atom stereocenters. The molecule has 1 saturated heterocycles. The van der Waals surface area contributed by atoms with Gasteiger partial charge in [-0.1, -0.05) is 0 Å². The lowest BCUT2D eigenvalue weighted by molar-refractivity contribution is -0.161. The monoisotopic (exact) mass is 540 g/mol. The van der Waals surface area contributed by atoms with Crippen molar-refractivity contribution in [3.63, 3.8) is 0 Å². The summed E-state index contributed by atoms with van der Waals surface area (Å²) in [5.74, 6) is -4.16. The number of nitrogens with two attached hydrogens (primary N) is 1. The van der Waals surface area contributed by atoms with Crippen LogP contribution in [0.3, 0.4) is 0 Å². The number of carbonyl (C=O) groups is 7. The molecular formula is C20H33ClN4O11. The average Bonchev–Trinajstić information content (AvgIpc) is 3.09. The van der Waals surface area contributed by atoms with Crippen LogP contribution in [0.5, 0.6) is 0 Å². The van der Waals surface area contributed by atoms with Gasteiger partial charge in [-0.05, 0) is 13.8 Å². The Morgan fingerprint density at radius 2 is 1.53 bits per heavy atom. The lowest BCUT2D eigenvalue weighted by atomic mass is 10.2. The first-order chi connectivity index (χ1) is 16.8. The van der Waals surface area contributed by atoms with Crippen molar-refractivity contribution in [3.8, 4) is 0 Å². The minimum atomic E-state index is -1.42. The zero-order chi connectivity index (χ0) is 29.0. The number of Topliss-reactive ketones (excluding diaryl/α,β-unsaturated/α-hetero) is 2. The molecule has 15 nitrogen and oxygen atoms in total. The Kier molecular flexibility index (Phi) is 21.1. The lowest BCUT2D eigenvalue weighted by Crippen LogP contribution is -2.37. The van der Waals surface area contributed by atoms with Crippen LogP contribution in [0.15, 0.2) is 11.5 Å². The summed E-state index contributed by atoms with van der Waals surface area (Å²) in [5.41, 5.74) is 4.34. The first-order valence-electron chi connectivity index (χ1n) is 9.97. The fourth-order valence-electron chi connectivity index (χ4n) is 1.86. The number of nitrogens with one attached hydrogen (secondary N) is 2. The maximum Gasteiger partial charge on any atom is 0.376 e. The molecular weight excluding hydrogens is 508 g/mol. The Morgan fingerprint density at radius 1 is 1.06 bits per heavy atom. The van der Waals surface area contributed by atoms with E-state index in [1.54, 1.807) is 13.8 Å². The largest absolute Gasteiger partial charge is 0.488 e. The maximum atomic E-state index is 11.5. The summed E-state index contributed by atoms with van der Waals surface area (Å²) in [6, 6.07) is -1.11. The number of ketones is 2. The van der Waals surface area contributed by atoms with Crippen LogP contribution in [-0.4, -0.2) is 100 Å². The van der Waals surface area contributed by atoms with E-state index in [9.17, 15) is 33.6 Å². The Balaban J connectivity index is -0.000000488. The summed E-state index contributed by atoms with van der Waals surface area (Å²) in [7, 11) is 5.16. The molecule has 1 aliphatic rings. The first kappa shape index (κ1) is 36.8. The first-order valence-corrected chi connectivity index (χ1v) is 10.7. The van der Waals surface area contributed by atoms with Gasteiger partial charge in [-0.25, -0.2) is 19.2 Å². The second-order valence-corrected chi connectivity index (χ2v) is 5.83. The number of esters is 2. The molecule has 0 aromatic rings. The SMILES string of the molecule is CCOC(=O)/C(OC)=C1\NC(=O)N(C)C1=O.CCOC(=O)C(OC)C(=O)C(C)=O.CCl.CNC(N)=O. The second-order valence-electron chi connectivity index (χ2n) is 5.83. The van der Waals surface area contributed by atoms with Crippen LogP contribution in [0.4, 0.5) is 9.59 Å². The molecule has 0 spiro atoms. The van der Waals surface area contributed by atoms with E-state index in [2.05, 4.69) is 42.2 Å². The fraction of sp³-hybridized carbons (Fsp3) is 0.550. The van der Waals surface area contributed by atoms with Gasteiger partial charge in [0.25, 0.3) is 5.91 Å². The third-order valence-electron chi connectivity index (χ3n) is 3.51. The molecule has 16 heteroatoms. The summed E-state index contributed by atoms with van der Waals surface area (Å²) in [6.45, 7) is 4.59. The molecule has 1 unspecified atom stereocenters. The predicted molar refractivity (Wildman–Crippen MR) is 126 cm³/mol. The molecule has 1 rings (SSSR count). The van der Waals surface area contributed by atoms with Crippen molar-refractivity contribution in [2.75, 3.05) is 47.9 Å². The number of ether oxygens (including phenoxy) is 4. The van der Waals surface area contributed by atoms with E-state index in [4.69, 9.17) is 4.74 Å². The number of hydrogen-bond donors (Lipinski definition) is 3. The smallest absolute Gasteiger partial charge is 0.376 e. The Hall–Kier alpha value is -3.72. The van der Waals surface area contributed by atoms with Crippen molar-refractivity contribution in [2.45, 2.75) is 26.9 Å². The number of alkyl halides is 1. The molecule has 0 radical (unpaired) electrons. The molecule has 0 saturated carbocycles. The van der Waals surface area contributed by atoms with Crippen LogP contribution >= 0.6 is 11.6 Å². The Labute approximate surface area is 213 Å². The van der Waals surface area contributed by atoms with Gasteiger partial charge in [0.05, 0.1) is 20.3 Å². The summed E-state index contributed by atoms with van der Waals surface area (Å²) in [5, 5.41) is 4.40. The standard InChI is InChI=1S/C9H12N2O5.C8H12O5.C2H6N2O.CH3Cl/c1-4-16-8(13)6(15-3)5-7(12)11(2)9(14)10-5;1-4-13-8(11)7(12-3)6(10)5(2)9;1-4-2(3)5;1-2/h4H2,1-3H3,(H,10,14);7H,4H2,1-3H3;1H3,(H3,3,4,5);1H3/b6-5+;;;. The second kappa shape index (κ2) is 20.6. The highest BCUT2D eigenvalue weighted by molar-refractivity contribution is 6.41. The van der Waals surface area contributed by atoms with Crippen molar-refractivity contribution in [2.24, 2.45) is 5.73 Å². The predicted octanol–water partition coefficient (Wildman–Crippen LogP) is -0.549. The molecule has 36 heavy (non-hydrogen) atoms. The van der Waals surface area contributed by atoms with E-state index in [0.29, 0.717) is 0 Å². The molecule has 4 N–H and O–H groups in total. The zero-order valence-corrected chi connectivity index (χ0v) is 22.1. The minimum Gasteiger partial charge on any atom is -0.488 e. The number of primary amides is 1. The minimum absolute atomic E-state index is 0.143. The molecule has 206 valence electrons. The van der Waals surface area contributed by atoms with Gasteiger partial charge in [-0.3, -0.25) is 24.6 Å². The molecule has 0 aliphatic carbocycles. The summed E-state index contributed by atoms with van der Waals surface area (Å²) in [4.78, 5) is 77.0. The van der Waals surface area contributed by atoms with Gasteiger partial charge in [0.15, 0.2) is 11.5 Å². The Morgan fingerprint density at radius 3 is 1.81 bits per heavy atom. The number of carbonyl (C=O) groups excluding carboxylic acids is 7. The van der Waals surface area contributed by atoms with Gasteiger partial charge in [-0.2, -0.15) is 0 Å². The van der Waals surface area contributed by atoms with E-state index in [1.165, 1.54) is 34.7 Å². The molecule has 0 bridgehead atoms. The summed E-state index contributed by atoms with van der Waals surface area (Å²) < 4.78 is 18.5. The van der Waals surface area contributed by atoms with Crippen molar-refractivity contribution >= 4 is 53.1 Å². The van der Waals surface area contributed by atoms with E-state index in [-0.39, 0.29) is 24.7 Å². The maximum absolute atomic E-state index is 11.5. The average molecular weight is 541 g/mol. The highest BCUT2D eigenvalue weighted by atomic mass is 35.5. The quantitative estimate of drug-likeness (QED) is 0.0676. The number of nitrogens with zero attached hydrogens (tertiary/aromatic N) is 1. The number of imide groups is 1. The summed E-state index contributed by atoms with van der Waals surface area (Å²) >= 11 is 4.64. The molecule has 0 aromatic carbocycles. The molecule has 1 aliphatic heterocycles. The third-order valence-corrected chi connectivity index (χ3v) is 3.51. The molecule has 1 heterocycles. The van der Waals surface area contributed by atoms with Gasteiger partial charge in [0.1, 0.15) is 0 Å². The third kappa shape index (κ3) is 13.2. The van der Waals surface area contributed by atoms with Gasteiger partial charge in [0.2, 0.25) is 17.6 Å². The van der Waals surface area contributed by atoms with Crippen LogP contribution in [0.2, 0.25) is 0 Å². The van der Waals surface area contributed by atoms with E-state index in [1.807, 2.05) is 0 Å². The number of hydrogen-bond acceptors (Lipinski definition) is 11. The van der Waals surface area contributed by atoms with Crippen LogP contribution in [0, 0.1) is 0 Å². The topological polar surface area (TPSA) is 210 Å². The van der Waals surface area contributed by atoms with Gasteiger partial charge in [0, 0.05) is 34.5 Å². The van der Waals surface area contributed by atoms with E-state index in [0.717, 1.165) is 11.8 Å². The number of halogens is 1. The number of amides is 5. The van der Waals surface area contributed by atoms with E-state index < -0.39 is 47.6 Å². The van der Waals surface area contributed by atoms with Crippen LogP contribution < -0.4 is 16.4 Å². The van der Waals surface area contributed by atoms with Crippen molar-refractivity contribution < 1.29 is 52.5 Å².